The molecule has 0 saturated carbocycles. The number of aryl methyl sites for hydroxylation is 2. The zero-order valence-electron chi connectivity index (χ0n) is 13.7. The van der Waals surface area contributed by atoms with Gasteiger partial charge in [-0.3, -0.25) is 4.79 Å². The number of amides is 1. The first-order valence-corrected chi connectivity index (χ1v) is 7.43. The minimum atomic E-state index is -0.0933. The highest BCUT2D eigenvalue weighted by atomic mass is 16.4. The van der Waals surface area contributed by atoms with Gasteiger partial charge in [-0.05, 0) is 20.3 Å². The van der Waals surface area contributed by atoms with E-state index in [0.29, 0.717) is 13.0 Å². The number of hydrogen-bond acceptors (Lipinski definition) is 4. The van der Waals surface area contributed by atoms with E-state index in [1.54, 1.807) is 0 Å². The van der Waals surface area contributed by atoms with Crippen LogP contribution in [0.3, 0.4) is 0 Å². The Morgan fingerprint density at radius 2 is 1.90 bits per heavy atom. The second-order valence-electron chi connectivity index (χ2n) is 6.43. The number of carbonyl (C=O) groups excluding carboxylic acids is 2. The second kappa shape index (κ2) is 7.38. The van der Waals surface area contributed by atoms with E-state index in [2.05, 4.69) is 31.1 Å². The molecule has 1 rings (SSSR count). The van der Waals surface area contributed by atoms with Crippen molar-refractivity contribution in [3.63, 3.8) is 0 Å². The molecule has 0 bridgehead atoms. The highest BCUT2D eigenvalue weighted by Crippen LogP contribution is 2.24. The van der Waals surface area contributed by atoms with Gasteiger partial charge in [-0.1, -0.05) is 20.8 Å². The van der Waals surface area contributed by atoms with Crippen molar-refractivity contribution in [3.8, 4) is 0 Å². The number of nitrogens with one attached hydrogen (secondary N) is 1. The summed E-state index contributed by atoms with van der Waals surface area (Å²) in [7, 11) is 0. The molecule has 0 saturated heterocycles. The van der Waals surface area contributed by atoms with Crippen LogP contribution >= 0.6 is 0 Å². The third kappa shape index (κ3) is 6.10. The molecule has 0 radical (unpaired) electrons. The first kappa shape index (κ1) is 17.4. The molecular formula is C16H26N2O3. The summed E-state index contributed by atoms with van der Waals surface area (Å²) in [6.07, 6.45) is 2.13. The SMILES string of the molecule is CC(=O)CCC(=O)NCCCc1oc(C(C)(C)C)nc1C. The summed E-state index contributed by atoms with van der Waals surface area (Å²) in [5, 5.41) is 2.81. The third-order valence-corrected chi connectivity index (χ3v) is 3.14. The lowest BCUT2D eigenvalue weighted by Crippen LogP contribution is -2.24. The Balaban J connectivity index is 2.35. The van der Waals surface area contributed by atoms with Gasteiger partial charge in [-0.15, -0.1) is 0 Å². The summed E-state index contributed by atoms with van der Waals surface area (Å²) in [4.78, 5) is 26.7. The molecule has 0 aliphatic heterocycles. The van der Waals surface area contributed by atoms with Crippen LogP contribution in [0.5, 0.6) is 0 Å². The molecule has 1 aromatic rings. The fraction of sp³-hybridized carbons (Fsp3) is 0.688. The van der Waals surface area contributed by atoms with Crippen LogP contribution in [0.25, 0.3) is 0 Å². The average Bonchev–Trinajstić information content (AvgIpc) is 2.73. The van der Waals surface area contributed by atoms with Gasteiger partial charge < -0.3 is 14.5 Å². The predicted octanol–water partition coefficient (Wildman–Crippen LogP) is 2.70. The number of oxazole rings is 1. The van der Waals surface area contributed by atoms with Crippen molar-refractivity contribution in [2.45, 2.75) is 65.7 Å². The van der Waals surface area contributed by atoms with Crippen molar-refractivity contribution in [3.05, 3.63) is 17.3 Å². The molecule has 1 heterocycles. The van der Waals surface area contributed by atoms with Crippen LogP contribution in [0.4, 0.5) is 0 Å². The van der Waals surface area contributed by atoms with Gasteiger partial charge in [0.2, 0.25) is 5.91 Å². The normalized spacial score (nSPS) is 11.5. The maximum absolute atomic E-state index is 11.5. The van der Waals surface area contributed by atoms with Crippen molar-refractivity contribution in [2.24, 2.45) is 0 Å². The van der Waals surface area contributed by atoms with E-state index in [0.717, 1.165) is 30.2 Å². The zero-order chi connectivity index (χ0) is 16.0. The van der Waals surface area contributed by atoms with Gasteiger partial charge in [0, 0.05) is 31.2 Å². The Bertz CT molecular complexity index is 498. The van der Waals surface area contributed by atoms with E-state index in [1.165, 1.54) is 6.92 Å². The molecule has 0 aromatic carbocycles. The van der Waals surface area contributed by atoms with E-state index in [-0.39, 0.29) is 23.5 Å². The van der Waals surface area contributed by atoms with E-state index < -0.39 is 0 Å². The Morgan fingerprint density at radius 1 is 1.24 bits per heavy atom. The van der Waals surface area contributed by atoms with Crippen LogP contribution in [0.2, 0.25) is 0 Å². The Labute approximate surface area is 126 Å². The molecule has 1 N–H and O–H groups in total. The highest BCUT2D eigenvalue weighted by molar-refractivity contribution is 5.83. The number of nitrogens with zero attached hydrogens (tertiary/aromatic N) is 1. The van der Waals surface area contributed by atoms with Crippen molar-refractivity contribution >= 4 is 11.7 Å². The first-order chi connectivity index (χ1) is 9.70. The fourth-order valence-electron chi connectivity index (χ4n) is 1.84. The van der Waals surface area contributed by atoms with Crippen LogP contribution in [0.15, 0.2) is 4.42 Å². The Morgan fingerprint density at radius 3 is 2.43 bits per heavy atom. The summed E-state index contributed by atoms with van der Waals surface area (Å²) in [6.45, 7) is 10.2. The lowest BCUT2D eigenvalue weighted by atomic mass is 9.97. The molecule has 0 fully saturated rings. The molecule has 1 amide bonds. The van der Waals surface area contributed by atoms with Crippen LogP contribution in [0.1, 0.15) is 64.3 Å². The Kier molecular flexibility index (Phi) is 6.12. The molecule has 5 heteroatoms. The molecule has 0 unspecified atom stereocenters. The van der Waals surface area contributed by atoms with E-state index in [9.17, 15) is 9.59 Å². The number of hydrogen-bond donors (Lipinski definition) is 1. The monoisotopic (exact) mass is 294 g/mol. The smallest absolute Gasteiger partial charge is 0.220 e. The molecular weight excluding hydrogens is 268 g/mol. The molecule has 0 aliphatic carbocycles. The molecule has 1 aromatic heterocycles. The summed E-state index contributed by atoms with van der Waals surface area (Å²) in [6, 6.07) is 0. The number of Topliss-reactive ketones (excluding diaryl/α,β-unsaturated/α-hetero) is 1. The van der Waals surface area contributed by atoms with Crippen LogP contribution in [0, 0.1) is 6.92 Å². The predicted molar refractivity (Wildman–Crippen MR) is 81.2 cm³/mol. The molecule has 0 spiro atoms. The average molecular weight is 294 g/mol. The standard InChI is InChI=1S/C16H26N2O3/c1-11(19)8-9-14(20)17-10-6-7-13-12(2)18-15(21-13)16(3,4)5/h6-10H2,1-5H3,(H,17,20). The van der Waals surface area contributed by atoms with E-state index in [1.807, 2.05) is 6.92 Å². The van der Waals surface area contributed by atoms with Crippen molar-refractivity contribution < 1.29 is 14.0 Å². The van der Waals surface area contributed by atoms with E-state index in [4.69, 9.17) is 4.42 Å². The minimum absolute atomic E-state index is 0.0390. The largest absolute Gasteiger partial charge is 0.445 e. The van der Waals surface area contributed by atoms with Gasteiger partial charge in [0.1, 0.15) is 11.5 Å². The second-order valence-corrected chi connectivity index (χ2v) is 6.43. The van der Waals surface area contributed by atoms with Gasteiger partial charge >= 0.3 is 0 Å². The summed E-state index contributed by atoms with van der Waals surface area (Å²) in [5.41, 5.74) is 0.826. The summed E-state index contributed by atoms with van der Waals surface area (Å²) >= 11 is 0. The van der Waals surface area contributed by atoms with Crippen LogP contribution < -0.4 is 5.32 Å². The van der Waals surface area contributed by atoms with Gasteiger partial charge in [0.05, 0.1) is 5.69 Å². The summed E-state index contributed by atoms with van der Waals surface area (Å²) in [5.74, 6) is 1.60. The topological polar surface area (TPSA) is 72.2 Å². The molecule has 21 heavy (non-hydrogen) atoms. The van der Waals surface area contributed by atoms with Crippen molar-refractivity contribution in [1.82, 2.24) is 10.3 Å². The number of carbonyl (C=O) groups is 2. The van der Waals surface area contributed by atoms with Crippen molar-refractivity contribution in [1.29, 1.82) is 0 Å². The van der Waals surface area contributed by atoms with Crippen molar-refractivity contribution in [2.75, 3.05) is 6.54 Å². The van der Waals surface area contributed by atoms with Gasteiger partial charge in [0.25, 0.3) is 0 Å². The molecule has 118 valence electrons. The van der Waals surface area contributed by atoms with Gasteiger partial charge in [0.15, 0.2) is 5.89 Å². The van der Waals surface area contributed by atoms with Crippen LogP contribution in [-0.2, 0) is 21.4 Å². The lowest BCUT2D eigenvalue weighted by molar-refractivity contribution is -0.124. The fourth-order valence-corrected chi connectivity index (χ4v) is 1.84. The molecule has 0 atom stereocenters. The quantitative estimate of drug-likeness (QED) is 0.785. The number of ketones is 1. The number of rotatable bonds is 7. The number of aromatic nitrogens is 1. The zero-order valence-corrected chi connectivity index (χ0v) is 13.7. The molecule has 0 aliphatic rings. The maximum atomic E-state index is 11.5. The van der Waals surface area contributed by atoms with E-state index >= 15 is 0 Å². The minimum Gasteiger partial charge on any atom is -0.445 e. The molecule has 5 nitrogen and oxygen atoms in total. The lowest BCUT2D eigenvalue weighted by Gasteiger charge is -2.12. The van der Waals surface area contributed by atoms with Crippen LogP contribution in [-0.4, -0.2) is 23.2 Å². The highest BCUT2D eigenvalue weighted by Gasteiger charge is 2.21. The van der Waals surface area contributed by atoms with Gasteiger partial charge in [-0.25, -0.2) is 4.98 Å². The maximum Gasteiger partial charge on any atom is 0.220 e. The third-order valence-electron chi connectivity index (χ3n) is 3.14. The summed E-state index contributed by atoms with van der Waals surface area (Å²) < 4.78 is 5.80. The van der Waals surface area contributed by atoms with Gasteiger partial charge in [-0.2, -0.15) is 0 Å². The Hall–Kier alpha value is -1.65. The first-order valence-electron chi connectivity index (χ1n) is 7.43.